The molecule has 1 fully saturated rings. The summed E-state index contributed by atoms with van der Waals surface area (Å²) >= 11 is 0. The fourth-order valence-corrected chi connectivity index (χ4v) is 4.24. The average molecular weight is 375 g/mol. The maximum Gasteiger partial charge on any atom is 0.227 e. The van der Waals surface area contributed by atoms with E-state index in [9.17, 15) is 4.79 Å². The number of benzene rings is 1. The standard InChI is InChI=1S/C21H26N2O2.ClH/c1-21(22)11-6-5-9-17(21)20(24)23-12-10-16-13-18(25-19(16)14-23)15-7-3-2-4-8-15;/h2-4,7-8,13,17H,5-6,9-12,14,22H2,1H3;1H. The zero-order valence-electron chi connectivity index (χ0n) is 15.2. The Hall–Kier alpha value is -1.78. The molecule has 1 aliphatic heterocycles. The van der Waals surface area contributed by atoms with Gasteiger partial charge in [0.2, 0.25) is 5.91 Å². The topological polar surface area (TPSA) is 59.5 Å². The lowest BCUT2D eigenvalue weighted by Crippen LogP contribution is -2.54. The molecule has 2 aliphatic rings. The van der Waals surface area contributed by atoms with Crippen molar-refractivity contribution in [3.05, 3.63) is 47.7 Å². The molecule has 1 aliphatic carbocycles. The van der Waals surface area contributed by atoms with Crippen LogP contribution in [-0.4, -0.2) is 22.9 Å². The van der Waals surface area contributed by atoms with Crippen molar-refractivity contribution >= 4 is 18.3 Å². The lowest BCUT2D eigenvalue weighted by Gasteiger charge is -2.40. The van der Waals surface area contributed by atoms with E-state index in [0.717, 1.165) is 55.7 Å². The molecule has 140 valence electrons. The van der Waals surface area contributed by atoms with Crippen LogP contribution in [0.4, 0.5) is 0 Å². The SMILES string of the molecule is CC1(N)CCCCC1C(=O)N1CCc2cc(-c3ccccc3)oc2C1.Cl. The summed E-state index contributed by atoms with van der Waals surface area (Å²) in [6.07, 6.45) is 4.91. The molecule has 1 aromatic heterocycles. The predicted molar refractivity (Wildman–Crippen MR) is 105 cm³/mol. The van der Waals surface area contributed by atoms with E-state index in [-0.39, 0.29) is 29.8 Å². The molecule has 2 N–H and O–H groups in total. The minimum Gasteiger partial charge on any atom is -0.459 e. The van der Waals surface area contributed by atoms with Crippen molar-refractivity contribution in [2.24, 2.45) is 11.7 Å². The predicted octanol–water partition coefficient (Wildman–Crippen LogP) is 4.16. The third-order valence-corrected chi connectivity index (χ3v) is 5.80. The molecule has 4 nitrogen and oxygen atoms in total. The second kappa shape index (κ2) is 7.45. The van der Waals surface area contributed by atoms with Gasteiger partial charge in [-0.25, -0.2) is 0 Å². The molecule has 0 spiro atoms. The van der Waals surface area contributed by atoms with Crippen molar-refractivity contribution < 1.29 is 9.21 Å². The second-order valence-electron chi connectivity index (χ2n) is 7.74. The Kier molecular flexibility index (Phi) is 5.44. The van der Waals surface area contributed by atoms with Crippen LogP contribution in [0, 0.1) is 5.92 Å². The van der Waals surface area contributed by atoms with E-state index in [1.165, 1.54) is 5.56 Å². The van der Waals surface area contributed by atoms with Gasteiger partial charge in [0.15, 0.2) is 0 Å². The molecule has 0 bridgehead atoms. The summed E-state index contributed by atoms with van der Waals surface area (Å²) in [5, 5.41) is 0. The van der Waals surface area contributed by atoms with Gasteiger partial charge in [-0.05, 0) is 37.8 Å². The molecule has 2 aromatic rings. The van der Waals surface area contributed by atoms with E-state index in [1.807, 2.05) is 30.0 Å². The van der Waals surface area contributed by atoms with Crippen LogP contribution >= 0.6 is 12.4 Å². The fourth-order valence-electron chi connectivity index (χ4n) is 4.24. The van der Waals surface area contributed by atoms with Gasteiger partial charge in [0, 0.05) is 17.6 Å². The summed E-state index contributed by atoms with van der Waals surface area (Å²) in [7, 11) is 0. The van der Waals surface area contributed by atoms with Gasteiger partial charge >= 0.3 is 0 Å². The van der Waals surface area contributed by atoms with Gasteiger partial charge in [0.25, 0.3) is 0 Å². The molecular weight excluding hydrogens is 348 g/mol. The highest BCUT2D eigenvalue weighted by Gasteiger charge is 2.40. The molecule has 1 amide bonds. The first-order chi connectivity index (χ1) is 12.0. The van der Waals surface area contributed by atoms with Gasteiger partial charge in [0.05, 0.1) is 12.5 Å². The van der Waals surface area contributed by atoms with Gasteiger partial charge in [-0.2, -0.15) is 0 Å². The quantitative estimate of drug-likeness (QED) is 0.858. The van der Waals surface area contributed by atoms with Crippen molar-refractivity contribution in [2.45, 2.75) is 51.1 Å². The number of furan rings is 1. The van der Waals surface area contributed by atoms with Crippen LogP contribution in [0.25, 0.3) is 11.3 Å². The lowest BCUT2D eigenvalue weighted by molar-refractivity contribution is -0.140. The minimum atomic E-state index is -0.381. The molecule has 2 unspecified atom stereocenters. The van der Waals surface area contributed by atoms with Crippen molar-refractivity contribution in [3.8, 4) is 11.3 Å². The summed E-state index contributed by atoms with van der Waals surface area (Å²) in [6.45, 7) is 3.35. The van der Waals surface area contributed by atoms with Gasteiger partial charge in [-0.1, -0.05) is 43.2 Å². The number of nitrogens with zero attached hydrogens (tertiary/aromatic N) is 1. The molecule has 2 atom stereocenters. The molecule has 5 heteroatoms. The number of carbonyl (C=O) groups excluding carboxylic acids is 1. The van der Waals surface area contributed by atoms with Crippen LogP contribution in [0.3, 0.4) is 0 Å². The fraction of sp³-hybridized carbons (Fsp3) is 0.476. The van der Waals surface area contributed by atoms with E-state index in [0.29, 0.717) is 6.54 Å². The van der Waals surface area contributed by atoms with Crippen molar-refractivity contribution in [1.82, 2.24) is 4.90 Å². The highest BCUT2D eigenvalue weighted by molar-refractivity contribution is 5.85. The third kappa shape index (κ3) is 3.53. The number of rotatable bonds is 2. The van der Waals surface area contributed by atoms with Gasteiger partial charge in [-0.3, -0.25) is 4.79 Å². The highest BCUT2D eigenvalue weighted by atomic mass is 35.5. The van der Waals surface area contributed by atoms with Gasteiger partial charge in [-0.15, -0.1) is 12.4 Å². The van der Waals surface area contributed by atoms with E-state index in [4.69, 9.17) is 10.2 Å². The Labute approximate surface area is 161 Å². The number of nitrogens with two attached hydrogens (primary N) is 1. The summed E-state index contributed by atoms with van der Waals surface area (Å²) < 4.78 is 6.09. The average Bonchev–Trinajstić information content (AvgIpc) is 3.05. The molecule has 1 saturated carbocycles. The Morgan fingerprint density at radius 3 is 2.77 bits per heavy atom. The molecule has 0 saturated heterocycles. The summed E-state index contributed by atoms with van der Waals surface area (Å²) in [5.41, 5.74) is 8.36. The zero-order chi connectivity index (χ0) is 17.4. The summed E-state index contributed by atoms with van der Waals surface area (Å²) in [5.74, 6) is 1.95. The largest absolute Gasteiger partial charge is 0.459 e. The zero-order valence-corrected chi connectivity index (χ0v) is 16.1. The highest BCUT2D eigenvalue weighted by Crippen LogP contribution is 2.35. The number of carbonyl (C=O) groups is 1. The first kappa shape index (κ1) is 19.0. The van der Waals surface area contributed by atoms with Crippen LogP contribution in [0.5, 0.6) is 0 Å². The van der Waals surface area contributed by atoms with Crippen LogP contribution in [0.2, 0.25) is 0 Å². The summed E-state index contributed by atoms with van der Waals surface area (Å²) in [4.78, 5) is 15.0. The van der Waals surface area contributed by atoms with Crippen LogP contribution in [-0.2, 0) is 17.8 Å². The van der Waals surface area contributed by atoms with Crippen LogP contribution in [0.1, 0.15) is 43.9 Å². The first-order valence-corrected chi connectivity index (χ1v) is 9.29. The smallest absolute Gasteiger partial charge is 0.227 e. The van der Waals surface area contributed by atoms with Gasteiger partial charge in [0.1, 0.15) is 11.5 Å². The number of amides is 1. The number of hydrogen-bond acceptors (Lipinski definition) is 3. The molecule has 2 heterocycles. The normalized spacial score (nSPS) is 25.3. The first-order valence-electron chi connectivity index (χ1n) is 9.29. The van der Waals surface area contributed by atoms with E-state index in [2.05, 4.69) is 18.2 Å². The van der Waals surface area contributed by atoms with E-state index in [1.54, 1.807) is 0 Å². The Morgan fingerprint density at radius 1 is 1.27 bits per heavy atom. The molecule has 1 aromatic carbocycles. The Morgan fingerprint density at radius 2 is 2.04 bits per heavy atom. The van der Waals surface area contributed by atoms with Crippen LogP contribution in [0.15, 0.2) is 40.8 Å². The monoisotopic (exact) mass is 374 g/mol. The number of fused-ring (bicyclic) bond motifs is 1. The maximum atomic E-state index is 13.1. The van der Waals surface area contributed by atoms with Crippen LogP contribution < -0.4 is 5.73 Å². The lowest BCUT2D eigenvalue weighted by atomic mass is 9.74. The molecule has 26 heavy (non-hydrogen) atoms. The number of hydrogen-bond donors (Lipinski definition) is 1. The Bertz CT molecular complexity index is 770. The molecule has 0 radical (unpaired) electrons. The minimum absolute atomic E-state index is 0. The van der Waals surface area contributed by atoms with Gasteiger partial charge < -0.3 is 15.1 Å². The van der Waals surface area contributed by atoms with Crippen molar-refractivity contribution in [2.75, 3.05) is 6.54 Å². The Balaban J connectivity index is 0.00000196. The molecular formula is C21H27ClN2O2. The number of halogens is 1. The summed E-state index contributed by atoms with van der Waals surface area (Å²) in [6, 6.07) is 12.3. The van der Waals surface area contributed by atoms with E-state index >= 15 is 0 Å². The maximum absolute atomic E-state index is 13.1. The third-order valence-electron chi connectivity index (χ3n) is 5.80. The van der Waals surface area contributed by atoms with Crippen molar-refractivity contribution in [3.63, 3.8) is 0 Å². The molecule has 4 rings (SSSR count). The van der Waals surface area contributed by atoms with Crippen molar-refractivity contribution in [1.29, 1.82) is 0 Å². The van der Waals surface area contributed by atoms with E-state index < -0.39 is 0 Å². The second-order valence-corrected chi connectivity index (χ2v) is 7.74.